The summed E-state index contributed by atoms with van der Waals surface area (Å²) in [5.74, 6) is -0.324. The van der Waals surface area contributed by atoms with Gasteiger partial charge in [0.15, 0.2) is 11.3 Å². The number of anilines is 2. The summed E-state index contributed by atoms with van der Waals surface area (Å²) in [6, 6.07) is 25.3. The van der Waals surface area contributed by atoms with Crippen LogP contribution in [0, 0.1) is 25.5 Å². The van der Waals surface area contributed by atoms with Gasteiger partial charge in [0.25, 0.3) is 24.7 Å². The number of imidazole rings is 2. The van der Waals surface area contributed by atoms with Gasteiger partial charge in [-0.2, -0.15) is 0 Å². The molecule has 20 heteroatoms. The smallest absolute Gasteiger partial charge is 0.415 e. The topological polar surface area (TPSA) is 153 Å². The lowest BCUT2D eigenvalue weighted by atomic mass is 10.0. The van der Waals surface area contributed by atoms with Crippen molar-refractivity contribution in [3.05, 3.63) is 156 Å². The maximum absolute atomic E-state index is 13.9. The number of nitrogens with zero attached hydrogens (tertiary/aromatic N) is 5. The van der Waals surface area contributed by atoms with Gasteiger partial charge in [0, 0.05) is 58.6 Å². The lowest BCUT2D eigenvalue weighted by molar-refractivity contribution is 0.0543. The second kappa shape index (κ2) is 22.3. The van der Waals surface area contributed by atoms with Crippen LogP contribution in [0.3, 0.4) is 0 Å². The van der Waals surface area contributed by atoms with Gasteiger partial charge < -0.3 is 30.2 Å². The molecule has 0 radical (unpaired) electrons. The Kier molecular flexibility index (Phi) is 15.5. The number of rotatable bonds is 16. The summed E-state index contributed by atoms with van der Waals surface area (Å²) in [5, 5.41) is 8.68. The Labute approximate surface area is 439 Å². The number of carbonyl (C=O) groups excluding carboxylic acids is 3. The minimum Gasteiger partial charge on any atom is -0.456 e. The van der Waals surface area contributed by atoms with Crippen molar-refractivity contribution < 1.29 is 54.9 Å². The van der Waals surface area contributed by atoms with Crippen LogP contribution in [0.5, 0.6) is 23.0 Å². The van der Waals surface area contributed by atoms with E-state index < -0.39 is 49.3 Å². The predicted molar refractivity (Wildman–Crippen MR) is 279 cm³/mol. The van der Waals surface area contributed by atoms with Crippen LogP contribution in [0.15, 0.2) is 122 Å². The molecule has 2 aliphatic carbocycles. The number of ether oxygens (including phenoxy) is 3. The first-order valence-electron chi connectivity index (χ1n) is 24.8. The van der Waals surface area contributed by atoms with Crippen molar-refractivity contribution in [3.63, 3.8) is 0 Å². The first-order valence-corrected chi connectivity index (χ1v) is 24.8. The lowest BCUT2D eigenvalue weighted by Gasteiger charge is -2.27. The minimum absolute atomic E-state index is 0.0156. The quantitative estimate of drug-likeness (QED) is 0.0803. The van der Waals surface area contributed by atoms with Gasteiger partial charge in [0.1, 0.15) is 40.2 Å². The maximum atomic E-state index is 13.9. The molecule has 0 unspecified atom stereocenters. The Morgan fingerprint density at radius 2 is 1.14 bits per heavy atom. The third-order valence-electron chi connectivity index (χ3n) is 12.2. The van der Waals surface area contributed by atoms with Gasteiger partial charge in [-0.1, -0.05) is 24.3 Å². The first-order chi connectivity index (χ1) is 36.7. The summed E-state index contributed by atoms with van der Waals surface area (Å²) in [6.45, 7) is 7.07. The normalized spacial score (nSPS) is 13.3. The predicted octanol–water partition coefficient (Wildman–Crippen LogP) is 13.0. The summed E-state index contributed by atoms with van der Waals surface area (Å²) >= 11 is 0. The number of carbonyl (C=O) groups is 3. The number of alkyl halides is 4. The number of pyridine rings is 2. The van der Waals surface area contributed by atoms with Crippen LogP contribution in [0.25, 0.3) is 33.8 Å². The molecule has 14 nitrogen and oxygen atoms in total. The molecule has 77 heavy (non-hydrogen) atoms. The minimum atomic E-state index is -2.88. The number of benzene rings is 4. The number of amides is 3. The van der Waals surface area contributed by atoms with Crippen LogP contribution in [0.2, 0.25) is 0 Å². The highest BCUT2D eigenvalue weighted by Crippen LogP contribution is 2.36. The fraction of sp³-hybridized carbons (Fsp3) is 0.281. The molecule has 10 rings (SSSR count). The number of aromatic nitrogens is 4. The zero-order valence-corrected chi connectivity index (χ0v) is 42.6. The van der Waals surface area contributed by atoms with E-state index in [1.807, 2.05) is 32.0 Å². The fourth-order valence-electron chi connectivity index (χ4n) is 8.36. The Balaban J connectivity index is 0.000000191. The summed E-state index contributed by atoms with van der Waals surface area (Å²) in [4.78, 5) is 48.0. The van der Waals surface area contributed by atoms with E-state index in [2.05, 4.69) is 25.9 Å². The van der Waals surface area contributed by atoms with Crippen molar-refractivity contribution in [1.29, 1.82) is 0 Å². The van der Waals surface area contributed by atoms with E-state index in [1.54, 1.807) is 90.8 Å². The van der Waals surface area contributed by atoms with Crippen molar-refractivity contribution >= 4 is 40.6 Å². The van der Waals surface area contributed by atoms with Crippen LogP contribution in [0.1, 0.15) is 78.3 Å². The molecule has 8 aromatic rings. The van der Waals surface area contributed by atoms with E-state index in [4.69, 9.17) is 14.2 Å². The zero-order valence-electron chi connectivity index (χ0n) is 42.6. The molecule has 4 aromatic heterocycles. The van der Waals surface area contributed by atoms with Crippen LogP contribution in [-0.4, -0.2) is 80.3 Å². The van der Waals surface area contributed by atoms with Gasteiger partial charge >= 0.3 is 6.09 Å². The highest BCUT2D eigenvalue weighted by atomic mass is 19.3. The lowest BCUT2D eigenvalue weighted by Crippen LogP contribution is -2.40. The molecule has 4 heterocycles. The van der Waals surface area contributed by atoms with Crippen molar-refractivity contribution in [2.24, 2.45) is 0 Å². The monoisotopic (exact) mass is 1060 g/mol. The number of nitrogens with one attached hydrogen (secondary N) is 3. The van der Waals surface area contributed by atoms with Gasteiger partial charge in [-0.25, -0.2) is 41.1 Å². The molecule has 4 aromatic carbocycles. The zero-order chi connectivity index (χ0) is 54.7. The fourth-order valence-corrected chi connectivity index (χ4v) is 8.36. The molecule has 400 valence electrons. The molecule has 3 N–H and O–H groups in total. The van der Waals surface area contributed by atoms with Crippen molar-refractivity contribution in [2.45, 2.75) is 90.8 Å². The summed E-state index contributed by atoms with van der Waals surface area (Å²) in [7, 11) is 0. The average Bonchev–Trinajstić information content (AvgIpc) is 4.30. The van der Waals surface area contributed by atoms with Gasteiger partial charge in [0.2, 0.25) is 0 Å². The highest BCUT2D eigenvalue weighted by Gasteiger charge is 2.30. The van der Waals surface area contributed by atoms with E-state index in [-0.39, 0.29) is 52.5 Å². The van der Waals surface area contributed by atoms with E-state index in [0.29, 0.717) is 45.2 Å². The van der Waals surface area contributed by atoms with E-state index in [1.165, 1.54) is 42.5 Å². The Hall–Kier alpha value is -8.55. The SMILES string of the molecule is Cc1cc(-c2cnc3c(N(CC(F)F)C(=O)OC(C)(C)C)cc(Oc4cccc(F)c4)cn23)ccc1C(=O)NC1CC1.Cc1cc(-c2cnc3c(NCC(F)F)cc(Oc4cccc(F)c4)cn23)ccc1C(=O)NC1CC1. The van der Waals surface area contributed by atoms with Crippen molar-refractivity contribution in [2.75, 3.05) is 23.3 Å². The third-order valence-corrected chi connectivity index (χ3v) is 12.2. The first kappa shape index (κ1) is 53.3. The third kappa shape index (κ3) is 13.3. The Morgan fingerprint density at radius 1 is 0.649 bits per heavy atom. The standard InChI is InChI=1S/C31H31F3N4O4.C26H23F3N4O2/c1-18-12-19(8-11-24(18)29(39)36-21-9-10-21)26-15-35-28-25(38(17-27(33)34)30(40)42-31(2,3)4)14-23(16-37(26)28)41-22-7-5-6-20(32)13-22;1-15-9-16(5-8-21(15)26(34)32-18-6-7-18)23-12-31-25-22(30-13-24(28)29)11-20(14-33(23)25)35-19-4-2-3-17(27)10-19/h5-8,11-16,21,27H,9-10,17H2,1-4H3,(H,36,39);2-5,8-12,14,18,24,30H,6-7,13H2,1H3,(H,32,34). The molecule has 0 bridgehead atoms. The molecule has 0 atom stereocenters. The molecular weight excluding hydrogens is 1010 g/mol. The summed E-state index contributed by atoms with van der Waals surface area (Å²) in [5.41, 5.74) is 5.44. The Morgan fingerprint density at radius 3 is 1.60 bits per heavy atom. The number of hydrogen-bond acceptors (Lipinski definition) is 9. The molecule has 2 fully saturated rings. The van der Waals surface area contributed by atoms with Crippen molar-refractivity contribution in [3.8, 4) is 45.5 Å². The van der Waals surface area contributed by atoms with Crippen molar-refractivity contribution in [1.82, 2.24) is 29.4 Å². The van der Waals surface area contributed by atoms with Gasteiger partial charge in [-0.05, 0) is 120 Å². The van der Waals surface area contributed by atoms with Crippen LogP contribution in [0.4, 0.5) is 42.5 Å². The summed E-state index contributed by atoms with van der Waals surface area (Å²) < 4.78 is 101. The van der Waals surface area contributed by atoms with Crippen LogP contribution >= 0.6 is 0 Å². The molecule has 2 aliphatic rings. The maximum Gasteiger partial charge on any atom is 0.415 e. The van der Waals surface area contributed by atoms with E-state index in [9.17, 15) is 40.7 Å². The largest absolute Gasteiger partial charge is 0.456 e. The highest BCUT2D eigenvalue weighted by molar-refractivity contribution is 5.98. The van der Waals surface area contributed by atoms with Crippen LogP contribution < -0.4 is 30.3 Å². The molecule has 0 aliphatic heterocycles. The molecular formula is C57H54F6N8O6. The average molecular weight is 1060 g/mol. The number of aryl methyl sites for hydroxylation is 2. The van der Waals surface area contributed by atoms with Gasteiger partial charge in [0.05, 0.1) is 60.6 Å². The van der Waals surface area contributed by atoms with Gasteiger partial charge in [-0.3, -0.25) is 23.3 Å². The summed E-state index contributed by atoms with van der Waals surface area (Å²) in [6.07, 6.45) is 3.94. The number of fused-ring (bicyclic) bond motifs is 2. The molecule has 3 amide bonds. The Bertz CT molecular complexity index is 3500. The molecule has 0 saturated heterocycles. The van der Waals surface area contributed by atoms with E-state index in [0.717, 1.165) is 47.3 Å². The second-order valence-electron chi connectivity index (χ2n) is 19.8. The second-order valence-corrected chi connectivity index (χ2v) is 19.8. The van der Waals surface area contributed by atoms with Gasteiger partial charge in [-0.15, -0.1) is 0 Å². The number of hydrogen-bond donors (Lipinski definition) is 3. The molecule has 2 saturated carbocycles. The van der Waals surface area contributed by atoms with Crippen LogP contribution in [-0.2, 0) is 4.74 Å². The number of halogens is 6. The molecule has 0 spiro atoms. The van der Waals surface area contributed by atoms with E-state index >= 15 is 0 Å².